The number of alkyl halides is 3. The van der Waals surface area contributed by atoms with Gasteiger partial charge < -0.3 is 4.74 Å². The molecule has 0 heterocycles. The highest BCUT2D eigenvalue weighted by molar-refractivity contribution is 5.57. The average Bonchev–Trinajstić information content (AvgIpc) is 2.45. The lowest BCUT2D eigenvalue weighted by Gasteiger charge is -2.23. The molecule has 2 rings (SSSR count). The van der Waals surface area contributed by atoms with Gasteiger partial charge in [-0.2, -0.15) is 13.2 Å². The van der Waals surface area contributed by atoms with Gasteiger partial charge in [0.15, 0.2) is 11.6 Å². The minimum Gasteiger partial charge on any atom is -0.494 e. The SMILES string of the molecule is COc1ccc(/C=C/C2CCC(C)CC2)c(C(F)(F)F)c1F. The molecule has 1 aliphatic rings. The van der Waals surface area contributed by atoms with Crippen molar-refractivity contribution in [1.29, 1.82) is 0 Å². The standard InChI is InChI=1S/C17H20F4O/c1-11-3-5-12(6-4-11)7-8-13-9-10-14(22-2)16(18)15(13)17(19,20)21/h7-12H,3-6H2,1-2H3/b8-7+. The number of hydrogen-bond donors (Lipinski definition) is 0. The molecule has 0 N–H and O–H groups in total. The summed E-state index contributed by atoms with van der Waals surface area (Å²) in [6.07, 6.45) is 2.53. The molecule has 5 heteroatoms. The Morgan fingerprint density at radius 1 is 1.14 bits per heavy atom. The van der Waals surface area contributed by atoms with Crippen LogP contribution in [0.25, 0.3) is 6.08 Å². The van der Waals surface area contributed by atoms with Crippen molar-refractivity contribution in [2.24, 2.45) is 11.8 Å². The smallest absolute Gasteiger partial charge is 0.419 e. The Hall–Kier alpha value is -1.52. The normalized spacial score (nSPS) is 23.0. The van der Waals surface area contributed by atoms with Crippen LogP contribution in [0, 0.1) is 17.7 Å². The van der Waals surface area contributed by atoms with Crippen LogP contribution in [0.5, 0.6) is 5.75 Å². The molecule has 0 radical (unpaired) electrons. The van der Waals surface area contributed by atoms with E-state index in [2.05, 4.69) is 11.7 Å². The third-order valence-electron chi connectivity index (χ3n) is 4.25. The van der Waals surface area contributed by atoms with Gasteiger partial charge in [-0.3, -0.25) is 0 Å². The zero-order chi connectivity index (χ0) is 16.3. The molecule has 0 amide bonds. The van der Waals surface area contributed by atoms with Crippen molar-refractivity contribution in [3.8, 4) is 5.75 Å². The number of benzene rings is 1. The highest BCUT2D eigenvalue weighted by Gasteiger charge is 2.37. The van der Waals surface area contributed by atoms with Gasteiger partial charge >= 0.3 is 6.18 Å². The van der Waals surface area contributed by atoms with Gasteiger partial charge in [0.25, 0.3) is 0 Å². The van der Waals surface area contributed by atoms with Crippen LogP contribution in [0.15, 0.2) is 18.2 Å². The Balaban J connectivity index is 2.29. The summed E-state index contributed by atoms with van der Waals surface area (Å²) >= 11 is 0. The monoisotopic (exact) mass is 316 g/mol. The van der Waals surface area contributed by atoms with E-state index in [0.717, 1.165) is 32.8 Å². The van der Waals surface area contributed by atoms with E-state index in [1.807, 2.05) is 0 Å². The van der Waals surface area contributed by atoms with Crippen LogP contribution in [0.4, 0.5) is 17.6 Å². The van der Waals surface area contributed by atoms with Gasteiger partial charge in [0, 0.05) is 0 Å². The summed E-state index contributed by atoms with van der Waals surface area (Å²) in [6.45, 7) is 2.18. The molecule has 122 valence electrons. The third kappa shape index (κ3) is 3.81. The zero-order valence-electron chi connectivity index (χ0n) is 12.7. The second kappa shape index (κ2) is 6.71. The van der Waals surface area contributed by atoms with E-state index < -0.39 is 23.3 Å². The zero-order valence-corrected chi connectivity index (χ0v) is 12.7. The van der Waals surface area contributed by atoms with E-state index in [9.17, 15) is 17.6 Å². The van der Waals surface area contributed by atoms with Crippen molar-refractivity contribution < 1.29 is 22.3 Å². The Bertz CT molecular complexity index is 540. The molecule has 1 aromatic carbocycles. The maximum atomic E-state index is 14.0. The van der Waals surface area contributed by atoms with Crippen molar-refractivity contribution in [2.45, 2.75) is 38.8 Å². The molecule has 1 fully saturated rings. The number of methoxy groups -OCH3 is 1. The van der Waals surface area contributed by atoms with Crippen molar-refractivity contribution in [2.75, 3.05) is 7.11 Å². The van der Waals surface area contributed by atoms with Gasteiger partial charge in [0.2, 0.25) is 0 Å². The van der Waals surface area contributed by atoms with Crippen molar-refractivity contribution in [1.82, 2.24) is 0 Å². The second-order valence-electron chi connectivity index (χ2n) is 5.92. The first-order chi connectivity index (χ1) is 10.3. The van der Waals surface area contributed by atoms with E-state index in [4.69, 9.17) is 0 Å². The number of allylic oxidation sites excluding steroid dienone is 1. The fourth-order valence-electron chi connectivity index (χ4n) is 2.87. The van der Waals surface area contributed by atoms with Crippen LogP contribution < -0.4 is 4.74 Å². The topological polar surface area (TPSA) is 9.23 Å². The van der Waals surface area contributed by atoms with E-state index in [1.54, 1.807) is 6.08 Å². The van der Waals surface area contributed by atoms with Crippen LogP contribution >= 0.6 is 0 Å². The first-order valence-electron chi connectivity index (χ1n) is 7.44. The maximum Gasteiger partial charge on any atom is 0.419 e. The number of ether oxygens (including phenoxy) is 1. The molecule has 1 aromatic rings. The van der Waals surface area contributed by atoms with Gasteiger partial charge in [-0.1, -0.05) is 38.0 Å². The lowest BCUT2D eigenvalue weighted by molar-refractivity contribution is -0.140. The largest absolute Gasteiger partial charge is 0.494 e. The maximum absolute atomic E-state index is 14.0. The molecule has 1 nitrogen and oxygen atoms in total. The van der Waals surface area contributed by atoms with E-state index in [1.165, 1.54) is 18.2 Å². The molecule has 0 unspecified atom stereocenters. The molecule has 0 bridgehead atoms. The van der Waals surface area contributed by atoms with E-state index >= 15 is 0 Å². The number of halogens is 4. The van der Waals surface area contributed by atoms with Crippen LogP contribution in [-0.2, 0) is 6.18 Å². The predicted octanol–water partition coefficient (Wildman–Crippen LogP) is 5.69. The fourth-order valence-corrected chi connectivity index (χ4v) is 2.87. The van der Waals surface area contributed by atoms with Crippen molar-refractivity contribution in [3.05, 3.63) is 35.2 Å². The molecule has 22 heavy (non-hydrogen) atoms. The Kier molecular flexibility index (Phi) is 5.14. The predicted molar refractivity (Wildman–Crippen MR) is 78.1 cm³/mol. The summed E-state index contributed by atoms with van der Waals surface area (Å²) in [5, 5.41) is 0. The molecule has 0 aliphatic heterocycles. The van der Waals surface area contributed by atoms with Gasteiger partial charge in [0.1, 0.15) is 5.56 Å². The minimum atomic E-state index is -4.75. The van der Waals surface area contributed by atoms with Gasteiger partial charge in [-0.15, -0.1) is 0 Å². The van der Waals surface area contributed by atoms with Gasteiger partial charge in [-0.05, 0) is 36.3 Å². The van der Waals surface area contributed by atoms with E-state index in [0.29, 0.717) is 5.92 Å². The summed E-state index contributed by atoms with van der Waals surface area (Å²) < 4.78 is 57.9. The Labute approximate surface area is 128 Å². The summed E-state index contributed by atoms with van der Waals surface area (Å²) in [4.78, 5) is 0. The molecular formula is C17H20F4O. The highest BCUT2D eigenvalue weighted by Crippen LogP contribution is 2.38. The average molecular weight is 316 g/mol. The van der Waals surface area contributed by atoms with Crippen LogP contribution in [0.2, 0.25) is 0 Å². The number of rotatable bonds is 3. The van der Waals surface area contributed by atoms with Gasteiger partial charge in [-0.25, -0.2) is 4.39 Å². The molecule has 0 spiro atoms. The van der Waals surface area contributed by atoms with Gasteiger partial charge in [0.05, 0.1) is 7.11 Å². The second-order valence-corrected chi connectivity index (χ2v) is 5.92. The molecule has 0 saturated heterocycles. The molecule has 1 saturated carbocycles. The Morgan fingerprint density at radius 2 is 1.77 bits per heavy atom. The fraction of sp³-hybridized carbons (Fsp3) is 0.529. The summed E-state index contributed by atoms with van der Waals surface area (Å²) in [7, 11) is 1.15. The Morgan fingerprint density at radius 3 is 2.32 bits per heavy atom. The number of hydrogen-bond acceptors (Lipinski definition) is 1. The quantitative estimate of drug-likeness (QED) is 0.651. The molecule has 1 aliphatic carbocycles. The van der Waals surface area contributed by atoms with E-state index in [-0.39, 0.29) is 11.5 Å². The molecule has 0 atom stereocenters. The first-order valence-corrected chi connectivity index (χ1v) is 7.44. The lowest BCUT2D eigenvalue weighted by Crippen LogP contribution is -2.12. The minimum absolute atomic E-state index is 0.149. The highest BCUT2D eigenvalue weighted by atomic mass is 19.4. The van der Waals surface area contributed by atoms with Crippen molar-refractivity contribution >= 4 is 6.08 Å². The van der Waals surface area contributed by atoms with Crippen LogP contribution in [-0.4, -0.2) is 7.11 Å². The molecule has 0 aromatic heterocycles. The van der Waals surface area contributed by atoms with Crippen LogP contribution in [0.1, 0.15) is 43.7 Å². The third-order valence-corrected chi connectivity index (χ3v) is 4.25. The van der Waals surface area contributed by atoms with Crippen molar-refractivity contribution in [3.63, 3.8) is 0 Å². The lowest BCUT2D eigenvalue weighted by atomic mass is 9.82. The summed E-state index contributed by atoms with van der Waals surface area (Å²) in [5.41, 5.74) is -1.41. The summed E-state index contributed by atoms with van der Waals surface area (Å²) in [5.74, 6) is -0.804. The summed E-state index contributed by atoms with van der Waals surface area (Å²) in [6, 6.07) is 2.49. The molecular weight excluding hydrogens is 296 g/mol. The van der Waals surface area contributed by atoms with Crippen LogP contribution in [0.3, 0.4) is 0 Å². The first kappa shape index (κ1) is 16.8.